The van der Waals surface area contributed by atoms with Gasteiger partial charge in [0.2, 0.25) is 17.8 Å². The summed E-state index contributed by atoms with van der Waals surface area (Å²) in [6.45, 7) is 2.11. The van der Waals surface area contributed by atoms with Gasteiger partial charge in [0.15, 0.2) is 0 Å². The molecule has 1 saturated carbocycles. The van der Waals surface area contributed by atoms with E-state index in [9.17, 15) is 0 Å². The Kier molecular flexibility index (Phi) is 4.41. The second-order valence-electron chi connectivity index (χ2n) is 6.11. The summed E-state index contributed by atoms with van der Waals surface area (Å²) in [7, 11) is 3.99. The van der Waals surface area contributed by atoms with Crippen molar-refractivity contribution in [2.45, 2.75) is 51.0 Å². The first-order chi connectivity index (χ1) is 10.3. The molecule has 0 bridgehead atoms. The van der Waals surface area contributed by atoms with Crippen LogP contribution in [0.1, 0.15) is 44.9 Å². The summed E-state index contributed by atoms with van der Waals surface area (Å²) in [5, 5.41) is 3.07. The largest absolute Gasteiger partial charge is 0.357 e. The van der Waals surface area contributed by atoms with Crippen molar-refractivity contribution in [2.75, 3.05) is 42.3 Å². The monoisotopic (exact) mass is 290 g/mol. The Morgan fingerprint density at radius 2 is 1.71 bits per heavy atom. The number of hydrogen-bond acceptors (Lipinski definition) is 6. The number of hydrogen-bond donors (Lipinski definition) is 1. The van der Waals surface area contributed by atoms with Crippen molar-refractivity contribution in [3.05, 3.63) is 0 Å². The number of nitrogens with zero attached hydrogens (tertiary/aromatic N) is 5. The minimum absolute atomic E-state index is 0.567. The molecule has 1 aromatic rings. The molecule has 116 valence electrons. The topological polar surface area (TPSA) is 57.2 Å². The molecule has 0 aromatic carbocycles. The van der Waals surface area contributed by atoms with E-state index in [1.807, 2.05) is 7.05 Å². The van der Waals surface area contributed by atoms with E-state index in [0.717, 1.165) is 25.0 Å². The SMILES string of the molecule is CNc1nc(N2CCCC2)nc(N(C)C2CCCCC2)n1. The van der Waals surface area contributed by atoms with Gasteiger partial charge in [-0.25, -0.2) is 0 Å². The number of aromatic nitrogens is 3. The molecule has 2 heterocycles. The van der Waals surface area contributed by atoms with Crippen LogP contribution in [0.5, 0.6) is 0 Å². The van der Waals surface area contributed by atoms with Gasteiger partial charge in [-0.1, -0.05) is 19.3 Å². The average Bonchev–Trinajstić information content (AvgIpc) is 3.09. The molecule has 0 atom stereocenters. The third-order valence-electron chi connectivity index (χ3n) is 4.66. The van der Waals surface area contributed by atoms with Crippen LogP contribution in [0.3, 0.4) is 0 Å². The van der Waals surface area contributed by atoms with E-state index in [-0.39, 0.29) is 0 Å². The molecule has 6 heteroatoms. The smallest absolute Gasteiger partial charge is 0.231 e. The molecule has 1 aliphatic carbocycles. The van der Waals surface area contributed by atoms with Crippen LogP contribution in [0.4, 0.5) is 17.8 Å². The first kappa shape index (κ1) is 14.4. The predicted molar refractivity (Wildman–Crippen MR) is 86.1 cm³/mol. The summed E-state index contributed by atoms with van der Waals surface area (Å²) in [4.78, 5) is 18.3. The van der Waals surface area contributed by atoms with Crippen molar-refractivity contribution >= 4 is 17.8 Å². The minimum Gasteiger partial charge on any atom is -0.357 e. The van der Waals surface area contributed by atoms with Crippen LogP contribution in [0.2, 0.25) is 0 Å². The van der Waals surface area contributed by atoms with Crippen LogP contribution in [-0.4, -0.2) is 48.2 Å². The second kappa shape index (κ2) is 6.45. The van der Waals surface area contributed by atoms with Gasteiger partial charge in [-0.3, -0.25) is 0 Å². The average molecular weight is 290 g/mol. The van der Waals surface area contributed by atoms with Crippen LogP contribution in [0.25, 0.3) is 0 Å². The Labute approximate surface area is 127 Å². The maximum absolute atomic E-state index is 4.73. The van der Waals surface area contributed by atoms with Crippen LogP contribution < -0.4 is 15.1 Å². The molecular weight excluding hydrogens is 264 g/mol. The molecule has 0 amide bonds. The fourth-order valence-corrected chi connectivity index (χ4v) is 3.31. The molecule has 21 heavy (non-hydrogen) atoms. The highest BCUT2D eigenvalue weighted by Gasteiger charge is 2.23. The zero-order valence-corrected chi connectivity index (χ0v) is 13.2. The van der Waals surface area contributed by atoms with Gasteiger partial charge in [-0.05, 0) is 25.7 Å². The summed E-state index contributed by atoms with van der Waals surface area (Å²) >= 11 is 0. The second-order valence-corrected chi connectivity index (χ2v) is 6.11. The third kappa shape index (κ3) is 3.19. The highest BCUT2D eigenvalue weighted by molar-refractivity contribution is 5.45. The van der Waals surface area contributed by atoms with Crippen molar-refractivity contribution in [1.82, 2.24) is 15.0 Å². The summed E-state index contributed by atoms with van der Waals surface area (Å²) in [5.74, 6) is 2.30. The molecule has 1 N–H and O–H groups in total. The molecule has 0 spiro atoms. The Morgan fingerprint density at radius 1 is 1.00 bits per heavy atom. The van der Waals surface area contributed by atoms with Gasteiger partial charge < -0.3 is 15.1 Å². The maximum Gasteiger partial charge on any atom is 0.231 e. The Balaban J connectivity index is 1.83. The van der Waals surface area contributed by atoms with E-state index in [2.05, 4.69) is 32.1 Å². The summed E-state index contributed by atoms with van der Waals surface area (Å²) < 4.78 is 0. The predicted octanol–water partition coefficient (Wildman–Crippen LogP) is 2.28. The van der Waals surface area contributed by atoms with Gasteiger partial charge >= 0.3 is 0 Å². The number of anilines is 3. The van der Waals surface area contributed by atoms with Crippen molar-refractivity contribution < 1.29 is 0 Å². The van der Waals surface area contributed by atoms with E-state index in [4.69, 9.17) is 4.98 Å². The quantitative estimate of drug-likeness (QED) is 0.918. The third-order valence-corrected chi connectivity index (χ3v) is 4.66. The lowest BCUT2D eigenvalue weighted by atomic mass is 9.95. The summed E-state index contributed by atoms with van der Waals surface area (Å²) in [6, 6.07) is 0.567. The first-order valence-corrected chi connectivity index (χ1v) is 8.19. The Hall–Kier alpha value is -1.59. The zero-order valence-electron chi connectivity index (χ0n) is 13.2. The standard InChI is InChI=1S/C15H26N6/c1-16-13-17-14(20(2)12-8-4-3-5-9-12)19-15(18-13)21-10-6-7-11-21/h12H,3-11H2,1-2H3,(H,16,17,18,19). The van der Waals surface area contributed by atoms with E-state index in [0.29, 0.717) is 12.0 Å². The minimum atomic E-state index is 0.567. The summed E-state index contributed by atoms with van der Waals surface area (Å²) in [5.41, 5.74) is 0. The molecule has 1 saturated heterocycles. The Morgan fingerprint density at radius 3 is 2.38 bits per heavy atom. The van der Waals surface area contributed by atoms with Crippen LogP contribution >= 0.6 is 0 Å². The Bertz CT molecular complexity index is 465. The lowest BCUT2D eigenvalue weighted by Gasteiger charge is -2.31. The lowest BCUT2D eigenvalue weighted by Crippen LogP contribution is -2.35. The number of rotatable bonds is 4. The fraction of sp³-hybridized carbons (Fsp3) is 0.800. The van der Waals surface area contributed by atoms with Gasteiger partial charge in [-0.15, -0.1) is 0 Å². The molecule has 1 aromatic heterocycles. The molecule has 0 radical (unpaired) electrons. The normalized spacial score (nSPS) is 19.8. The highest BCUT2D eigenvalue weighted by Crippen LogP contribution is 2.26. The van der Waals surface area contributed by atoms with E-state index in [1.165, 1.54) is 44.9 Å². The molecule has 3 rings (SSSR count). The molecule has 1 aliphatic heterocycles. The van der Waals surface area contributed by atoms with Gasteiger partial charge in [0.1, 0.15) is 0 Å². The van der Waals surface area contributed by atoms with Crippen LogP contribution in [-0.2, 0) is 0 Å². The zero-order chi connectivity index (χ0) is 14.7. The van der Waals surface area contributed by atoms with Crippen LogP contribution in [0.15, 0.2) is 0 Å². The van der Waals surface area contributed by atoms with Crippen molar-refractivity contribution in [3.8, 4) is 0 Å². The van der Waals surface area contributed by atoms with Crippen molar-refractivity contribution in [2.24, 2.45) is 0 Å². The van der Waals surface area contributed by atoms with Gasteiger partial charge in [0.25, 0.3) is 0 Å². The molecule has 0 unspecified atom stereocenters. The molecule has 2 aliphatic rings. The molecule has 2 fully saturated rings. The summed E-state index contributed by atoms with van der Waals surface area (Å²) in [6.07, 6.45) is 8.95. The van der Waals surface area contributed by atoms with E-state index in [1.54, 1.807) is 0 Å². The van der Waals surface area contributed by atoms with Gasteiger partial charge in [0.05, 0.1) is 0 Å². The van der Waals surface area contributed by atoms with E-state index < -0.39 is 0 Å². The fourth-order valence-electron chi connectivity index (χ4n) is 3.31. The lowest BCUT2D eigenvalue weighted by molar-refractivity contribution is 0.424. The number of nitrogens with one attached hydrogen (secondary N) is 1. The van der Waals surface area contributed by atoms with Crippen LogP contribution in [0, 0.1) is 0 Å². The van der Waals surface area contributed by atoms with E-state index >= 15 is 0 Å². The van der Waals surface area contributed by atoms with Crippen molar-refractivity contribution in [1.29, 1.82) is 0 Å². The molecular formula is C15H26N6. The van der Waals surface area contributed by atoms with Crippen molar-refractivity contribution in [3.63, 3.8) is 0 Å². The maximum atomic E-state index is 4.73. The first-order valence-electron chi connectivity index (χ1n) is 8.19. The van der Waals surface area contributed by atoms with Gasteiger partial charge in [-0.2, -0.15) is 15.0 Å². The van der Waals surface area contributed by atoms with Gasteiger partial charge in [0, 0.05) is 33.2 Å². The molecule has 6 nitrogen and oxygen atoms in total. The highest BCUT2D eigenvalue weighted by atomic mass is 15.4.